The van der Waals surface area contributed by atoms with Crippen LogP contribution in [0.5, 0.6) is 0 Å². The average molecular weight is 305 g/mol. The molecule has 1 aromatic rings. The number of hydrogen-bond acceptors (Lipinski definition) is 3. The number of nitrogens with zero attached hydrogens (tertiary/aromatic N) is 1. The molecule has 0 saturated carbocycles. The summed E-state index contributed by atoms with van der Waals surface area (Å²) in [6.07, 6.45) is 2.87. The third-order valence-corrected chi connectivity index (χ3v) is 3.98. The Morgan fingerprint density at radius 1 is 1.27 bits per heavy atom. The highest BCUT2D eigenvalue weighted by atomic mass is 16.5. The molecule has 0 spiro atoms. The number of carbonyl (C=O) groups is 1. The highest BCUT2D eigenvalue weighted by molar-refractivity contribution is 5.74. The molecule has 0 atom stereocenters. The molecule has 1 aliphatic rings. The van der Waals surface area contributed by atoms with E-state index in [1.165, 1.54) is 5.56 Å². The zero-order chi connectivity index (χ0) is 15.6. The van der Waals surface area contributed by atoms with E-state index in [0.717, 1.165) is 38.9 Å². The predicted octanol–water partition coefficient (Wildman–Crippen LogP) is 1.99. The second-order valence-corrected chi connectivity index (χ2v) is 5.78. The third-order valence-electron chi connectivity index (χ3n) is 3.98. The summed E-state index contributed by atoms with van der Waals surface area (Å²) in [7, 11) is 1.67. The van der Waals surface area contributed by atoms with Crippen molar-refractivity contribution < 1.29 is 9.53 Å². The average Bonchev–Trinajstić information content (AvgIpc) is 2.54. The Morgan fingerprint density at radius 3 is 2.68 bits per heavy atom. The first kappa shape index (κ1) is 16.8. The fourth-order valence-electron chi connectivity index (χ4n) is 2.73. The van der Waals surface area contributed by atoms with Crippen molar-refractivity contribution in [2.75, 3.05) is 33.4 Å². The van der Waals surface area contributed by atoms with Gasteiger partial charge in [0.05, 0.1) is 0 Å². The molecule has 0 bridgehead atoms. The van der Waals surface area contributed by atoms with Crippen molar-refractivity contribution in [3.05, 3.63) is 35.9 Å². The summed E-state index contributed by atoms with van der Waals surface area (Å²) in [5, 5.41) is 5.93. The number of ether oxygens (including phenoxy) is 1. The summed E-state index contributed by atoms with van der Waals surface area (Å²) in [6.45, 7) is 4.40. The molecule has 22 heavy (non-hydrogen) atoms. The minimum Gasteiger partial charge on any atom is -0.385 e. The van der Waals surface area contributed by atoms with Gasteiger partial charge in [-0.25, -0.2) is 4.79 Å². The monoisotopic (exact) mass is 305 g/mol. The predicted molar refractivity (Wildman–Crippen MR) is 87.8 cm³/mol. The molecule has 1 aromatic carbocycles. The molecular weight excluding hydrogens is 278 g/mol. The lowest BCUT2D eigenvalue weighted by atomic mass is 10.0. The molecule has 2 rings (SSSR count). The van der Waals surface area contributed by atoms with Crippen LogP contribution in [0, 0.1) is 0 Å². The van der Waals surface area contributed by atoms with E-state index < -0.39 is 0 Å². The summed E-state index contributed by atoms with van der Waals surface area (Å²) in [5.41, 5.74) is 1.35. The summed E-state index contributed by atoms with van der Waals surface area (Å²) < 4.78 is 4.96. The van der Waals surface area contributed by atoms with Crippen LogP contribution in [0.15, 0.2) is 30.3 Å². The number of piperidine rings is 1. The van der Waals surface area contributed by atoms with Crippen molar-refractivity contribution in [1.29, 1.82) is 0 Å². The Bertz CT molecular complexity index is 431. The molecule has 122 valence electrons. The van der Waals surface area contributed by atoms with Crippen molar-refractivity contribution >= 4 is 6.03 Å². The van der Waals surface area contributed by atoms with E-state index >= 15 is 0 Å². The second kappa shape index (κ2) is 9.43. The molecule has 1 heterocycles. The summed E-state index contributed by atoms with van der Waals surface area (Å²) in [6, 6.07) is 10.8. The largest absolute Gasteiger partial charge is 0.385 e. The summed E-state index contributed by atoms with van der Waals surface area (Å²) >= 11 is 0. The van der Waals surface area contributed by atoms with Crippen LogP contribution in [-0.2, 0) is 11.3 Å². The van der Waals surface area contributed by atoms with Crippen LogP contribution < -0.4 is 10.6 Å². The molecule has 5 nitrogen and oxygen atoms in total. The molecule has 1 fully saturated rings. The Balaban J connectivity index is 1.61. The standard InChI is InChI=1S/C17H27N3O2/c1-22-13-5-10-18-17(21)19-16-8-11-20(12-9-16)14-15-6-3-2-4-7-15/h2-4,6-7,16H,5,8-14H2,1H3,(H2,18,19,21). The fraction of sp³-hybridized carbons (Fsp3) is 0.588. The van der Waals surface area contributed by atoms with Crippen LogP contribution in [0.3, 0.4) is 0 Å². The molecule has 0 radical (unpaired) electrons. The van der Waals surface area contributed by atoms with E-state index in [9.17, 15) is 4.79 Å². The number of hydrogen-bond donors (Lipinski definition) is 2. The van der Waals surface area contributed by atoms with Crippen molar-refractivity contribution in [1.82, 2.24) is 15.5 Å². The van der Waals surface area contributed by atoms with Gasteiger partial charge in [0, 0.05) is 45.9 Å². The van der Waals surface area contributed by atoms with Gasteiger partial charge >= 0.3 is 6.03 Å². The number of carbonyl (C=O) groups excluding carboxylic acids is 1. The Kier molecular flexibility index (Phi) is 7.19. The Labute approximate surface area is 133 Å². The van der Waals surface area contributed by atoms with E-state index in [2.05, 4.69) is 39.8 Å². The van der Waals surface area contributed by atoms with Gasteiger partial charge in [-0.2, -0.15) is 0 Å². The van der Waals surface area contributed by atoms with Crippen LogP contribution in [0.2, 0.25) is 0 Å². The molecule has 0 aliphatic carbocycles. The molecular formula is C17H27N3O2. The van der Waals surface area contributed by atoms with Gasteiger partial charge in [0.15, 0.2) is 0 Å². The van der Waals surface area contributed by atoms with Crippen molar-refractivity contribution in [2.24, 2.45) is 0 Å². The molecule has 0 aromatic heterocycles. The first-order valence-corrected chi connectivity index (χ1v) is 8.07. The number of benzene rings is 1. The molecule has 0 unspecified atom stereocenters. The van der Waals surface area contributed by atoms with Crippen molar-refractivity contribution in [3.63, 3.8) is 0 Å². The second-order valence-electron chi connectivity index (χ2n) is 5.78. The molecule has 1 saturated heterocycles. The lowest BCUT2D eigenvalue weighted by Gasteiger charge is -2.32. The topological polar surface area (TPSA) is 53.6 Å². The minimum absolute atomic E-state index is 0.0578. The maximum Gasteiger partial charge on any atom is 0.315 e. The van der Waals surface area contributed by atoms with Crippen LogP contribution in [-0.4, -0.2) is 50.3 Å². The van der Waals surface area contributed by atoms with E-state index in [0.29, 0.717) is 13.2 Å². The normalized spacial score (nSPS) is 16.4. The molecule has 5 heteroatoms. The van der Waals surface area contributed by atoms with E-state index in [4.69, 9.17) is 4.74 Å². The summed E-state index contributed by atoms with van der Waals surface area (Å²) in [5.74, 6) is 0. The SMILES string of the molecule is COCCCNC(=O)NC1CCN(Cc2ccccc2)CC1. The van der Waals surface area contributed by atoms with Gasteiger partial charge in [-0.3, -0.25) is 4.90 Å². The van der Waals surface area contributed by atoms with Gasteiger partial charge < -0.3 is 15.4 Å². The highest BCUT2D eigenvalue weighted by Crippen LogP contribution is 2.13. The van der Waals surface area contributed by atoms with Gasteiger partial charge in [-0.1, -0.05) is 30.3 Å². The molecule has 2 amide bonds. The minimum atomic E-state index is -0.0578. The molecule has 2 N–H and O–H groups in total. The Hall–Kier alpha value is -1.59. The molecule has 1 aliphatic heterocycles. The quantitative estimate of drug-likeness (QED) is 0.758. The summed E-state index contributed by atoms with van der Waals surface area (Å²) in [4.78, 5) is 14.2. The van der Waals surface area contributed by atoms with Crippen LogP contribution in [0.4, 0.5) is 4.79 Å². The third kappa shape index (κ3) is 6.03. The van der Waals surface area contributed by atoms with Crippen molar-refractivity contribution in [2.45, 2.75) is 31.8 Å². The lowest BCUT2D eigenvalue weighted by Crippen LogP contribution is -2.47. The number of amides is 2. The number of rotatable bonds is 7. The van der Waals surface area contributed by atoms with Gasteiger partial charge in [-0.15, -0.1) is 0 Å². The van der Waals surface area contributed by atoms with Gasteiger partial charge in [0.25, 0.3) is 0 Å². The zero-order valence-electron chi connectivity index (χ0n) is 13.4. The van der Waals surface area contributed by atoms with E-state index in [1.807, 2.05) is 6.07 Å². The van der Waals surface area contributed by atoms with Crippen LogP contribution >= 0.6 is 0 Å². The van der Waals surface area contributed by atoms with Crippen molar-refractivity contribution in [3.8, 4) is 0 Å². The van der Waals surface area contributed by atoms with Crippen LogP contribution in [0.25, 0.3) is 0 Å². The van der Waals surface area contributed by atoms with E-state index in [1.54, 1.807) is 7.11 Å². The number of urea groups is 1. The fourth-order valence-corrected chi connectivity index (χ4v) is 2.73. The maximum absolute atomic E-state index is 11.8. The lowest BCUT2D eigenvalue weighted by molar-refractivity contribution is 0.183. The highest BCUT2D eigenvalue weighted by Gasteiger charge is 2.20. The maximum atomic E-state index is 11.8. The smallest absolute Gasteiger partial charge is 0.315 e. The first-order valence-electron chi connectivity index (χ1n) is 8.07. The van der Waals surface area contributed by atoms with Gasteiger partial charge in [-0.05, 0) is 24.8 Å². The number of likely N-dealkylation sites (tertiary alicyclic amines) is 1. The van der Waals surface area contributed by atoms with E-state index in [-0.39, 0.29) is 12.1 Å². The van der Waals surface area contributed by atoms with Crippen LogP contribution in [0.1, 0.15) is 24.8 Å². The zero-order valence-corrected chi connectivity index (χ0v) is 13.4. The number of nitrogens with one attached hydrogen (secondary N) is 2. The first-order chi connectivity index (χ1) is 10.8. The number of methoxy groups -OCH3 is 1. The Morgan fingerprint density at radius 2 is 2.00 bits per heavy atom. The van der Waals surface area contributed by atoms with Gasteiger partial charge in [0.2, 0.25) is 0 Å². The van der Waals surface area contributed by atoms with Gasteiger partial charge in [0.1, 0.15) is 0 Å².